The number of halogens is 2. The van der Waals surface area contributed by atoms with Crippen molar-refractivity contribution in [2.24, 2.45) is 0 Å². The van der Waals surface area contributed by atoms with Gasteiger partial charge in [-0.05, 0) is 30.7 Å². The maximum atomic E-state index is 15.1. The molecule has 1 aliphatic rings. The number of amides is 2. The van der Waals surface area contributed by atoms with Crippen LogP contribution in [0.25, 0.3) is 5.82 Å². The summed E-state index contributed by atoms with van der Waals surface area (Å²) in [5.41, 5.74) is 1.52. The molecule has 4 aromatic rings. The van der Waals surface area contributed by atoms with Crippen molar-refractivity contribution in [1.82, 2.24) is 29.7 Å². The number of methoxy groups -OCH3 is 1. The van der Waals surface area contributed by atoms with E-state index >= 15 is 4.39 Å². The molecule has 1 saturated heterocycles. The van der Waals surface area contributed by atoms with Gasteiger partial charge in [-0.3, -0.25) is 14.2 Å². The number of rotatable bonds is 9. The molecule has 2 aromatic carbocycles. The van der Waals surface area contributed by atoms with E-state index in [0.29, 0.717) is 48.3 Å². The quantitative estimate of drug-likeness (QED) is 0.260. The smallest absolute Gasteiger partial charge is 0.272 e. The minimum Gasteiger partial charge on any atom is -0.495 e. The number of benzene rings is 2. The Hall–Kier alpha value is -4.59. The number of aliphatic hydroxyl groups is 1. The number of aromatic nitrogens is 4. The molecule has 1 fully saturated rings. The fourth-order valence-corrected chi connectivity index (χ4v) is 4.74. The number of hydrogen-bond acceptors (Lipinski definition) is 9. The first-order chi connectivity index (χ1) is 20.8. The van der Waals surface area contributed by atoms with Gasteiger partial charge in [0.05, 0.1) is 44.2 Å². The minimum absolute atomic E-state index is 0.0947. The van der Waals surface area contributed by atoms with Crippen LogP contribution in [-0.4, -0.2) is 81.4 Å². The molecule has 3 heterocycles. The summed E-state index contributed by atoms with van der Waals surface area (Å²) in [6, 6.07) is 8.66. The van der Waals surface area contributed by atoms with Gasteiger partial charge in [0, 0.05) is 42.1 Å². The van der Waals surface area contributed by atoms with Crippen LogP contribution in [0.4, 0.5) is 16.0 Å². The molecule has 5 rings (SSSR count). The lowest BCUT2D eigenvalue weighted by Gasteiger charge is -2.27. The van der Waals surface area contributed by atoms with Crippen molar-refractivity contribution >= 4 is 35.1 Å². The van der Waals surface area contributed by atoms with Crippen molar-refractivity contribution in [2.75, 3.05) is 45.3 Å². The van der Waals surface area contributed by atoms with E-state index in [-0.39, 0.29) is 35.2 Å². The fraction of sp³-hybridized carbons (Fsp3) is 0.276. The molecule has 0 spiro atoms. The predicted octanol–water partition coefficient (Wildman–Crippen LogP) is 3.45. The number of nitrogens with one attached hydrogen (secondary N) is 2. The summed E-state index contributed by atoms with van der Waals surface area (Å²) in [4.78, 5) is 40.4. The highest BCUT2D eigenvalue weighted by Crippen LogP contribution is 2.31. The van der Waals surface area contributed by atoms with Gasteiger partial charge in [-0.15, -0.1) is 0 Å². The highest BCUT2D eigenvalue weighted by atomic mass is 35.5. The van der Waals surface area contributed by atoms with Gasteiger partial charge in [-0.25, -0.2) is 14.4 Å². The molecule has 0 saturated carbocycles. The van der Waals surface area contributed by atoms with Gasteiger partial charge in [0.25, 0.3) is 11.8 Å². The summed E-state index contributed by atoms with van der Waals surface area (Å²) in [6.45, 7) is 2.99. The number of carbonyl (C=O) groups excluding carboxylic acids is 2. The average Bonchev–Trinajstić information content (AvgIpc) is 3.51. The van der Waals surface area contributed by atoms with Crippen LogP contribution in [0.3, 0.4) is 0 Å². The molecular formula is C29H29ClFN7O5. The van der Waals surface area contributed by atoms with E-state index in [9.17, 15) is 14.7 Å². The Morgan fingerprint density at radius 2 is 2.00 bits per heavy atom. The zero-order valence-electron chi connectivity index (χ0n) is 23.4. The number of ether oxygens (including phenoxy) is 2. The monoisotopic (exact) mass is 609 g/mol. The van der Waals surface area contributed by atoms with Gasteiger partial charge in [-0.2, -0.15) is 4.98 Å². The molecule has 2 aromatic heterocycles. The number of anilines is 2. The second-order valence-electron chi connectivity index (χ2n) is 9.69. The molecule has 0 radical (unpaired) electrons. The van der Waals surface area contributed by atoms with Gasteiger partial charge in [-0.1, -0.05) is 23.7 Å². The lowest BCUT2D eigenvalue weighted by molar-refractivity contribution is 0.0299. The zero-order valence-corrected chi connectivity index (χ0v) is 24.1. The Morgan fingerprint density at radius 1 is 1.21 bits per heavy atom. The second-order valence-corrected chi connectivity index (χ2v) is 10.1. The van der Waals surface area contributed by atoms with Crippen molar-refractivity contribution in [3.8, 4) is 11.6 Å². The summed E-state index contributed by atoms with van der Waals surface area (Å²) < 4.78 is 27.4. The molecular weight excluding hydrogens is 581 g/mol. The van der Waals surface area contributed by atoms with E-state index < -0.39 is 23.7 Å². The molecule has 2 amide bonds. The van der Waals surface area contributed by atoms with Gasteiger partial charge in [0.2, 0.25) is 5.95 Å². The molecule has 12 nitrogen and oxygen atoms in total. The molecule has 1 aliphatic heterocycles. The molecule has 43 heavy (non-hydrogen) atoms. The van der Waals surface area contributed by atoms with Crippen LogP contribution in [-0.2, 0) is 4.74 Å². The second kappa shape index (κ2) is 13.2. The van der Waals surface area contributed by atoms with Crippen molar-refractivity contribution < 1.29 is 28.6 Å². The van der Waals surface area contributed by atoms with E-state index in [0.717, 1.165) is 6.07 Å². The number of aliphatic hydroxyl groups excluding tert-OH is 1. The Bertz CT molecular complexity index is 1640. The lowest BCUT2D eigenvalue weighted by atomic mass is 10.1. The van der Waals surface area contributed by atoms with Crippen LogP contribution in [0.5, 0.6) is 5.75 Å². The summed E-state index contributed by atoms with van der Waals surface area (Å²) in [5, 5.41) is 16.0. The number of carbonyl (C=O) groups is 2. The minimum atomic E-state index is -0.726. The van der Waals surface area contributed by atoms with Crippen LogP contribution >= 0.6 is 11.6 Å². The third kappa shape index (κ3) is 6.74. The van der Waals surface area contributed by atoms with Crippen molar-refractivity contribution in [1.29, 1.82) is 0 Å². The van der Waals surface area contributed by atoms with Crippen LogP contribution < -0.4 is 15.4 Å². The zero-order chi connectivity index (χ0) is 30.5. The predicted molar refractivity (Wildman–Crippen MR) is 156 cm³/mol. The molecule has 0 bridgehead atoms. The van der Waals surface area contributed by atoms with Crippen LogP contribution in [0.15, 0.2) is 55.1 Å². The van der Waals surface area contributed by atoms with Gasteiger partial charge in [0.1, 0.15) is 29.4 Å². The summed E-state index contributed by atoms with van der Waals surface area (Å²) >= 11 is 6.05. The first kappa shape index (κ1) is 29.9. The SMILES string of the molecule is COc1cc(C(=O)N2CCOCC2)c(F)cc1Nc1ncc(C)c(-n2cnc(C(=O)NC(CO)c3cccc(Cl)c3)c2)n1. The Morgan fingerprint density at radius 3 is 2.72 bits per heavy atom. The number of nitrogens with zero attached hydrogens (tertiary/aromatic N) is 5. The number of imidazole rings is 1. The maximum Gasteiger partial charge on any atom is 0.272 e. The largest absolute Gasteiger partial charge is 0.495 e. The standard InChI is InChI=1S/C29H29ClFN7O5/c1-17-13-32-29(35-22-12-21(31)20(11-25(22)42-2)28(41)37-6-8-43-9-7-37)36-26(17)38-14-23(33-16-38)27(40)34-24(15-39)18-4-3-5-19(30)10-18/h3-5,10-14,16,24,39H,6-9,15H2,1-2H3,(H,34,40)(H,32,35,36). The van der Waals surface area contributed by atoms with Crippen molar-refractivity contribution in [2.45, 2.75) is 13.0 Å². The Labute approximate surface area is 251 Å². The molecule has 3 N–H and O–H groups in total. The maximum absolute atomic E-state index is 15.1. The van der Waals surface area contributed by atoms with Crippen LogP contribution in [0, 0.1) is 12.7 Å². The van der Waals surface area contributed by atoms with Crippen molar-refractivity contribution in [3.63, 3.8) is 0 Å². The van der Waals surface area contributed by atoms with Gasteiger partial charge in [0.15, 0.2) is 0 Å². The van der Waals surface area contributed by atoms with E-state index in [2.05, 4.69) is 25.6 Å². The molecule has 0 aliphatic carbocycles. The Balaban J connectivity index is 1.34. The summed E-state index contributed by atoms with van der Waals surface area (Å²) in [7, 11) is 1.41. The number of morpholine rings is 1. The highest BCUT2D eigenvalue weighted by Gasteiger charge is 2.24. The first-order valence-electron chi connectivity index (χ1n) is 13.3. The normalized spacial score (nSPS) is 13.8. The molecule has 1 unspecified atom stereocenters. The Kier molecular flexibility index (Phi) is 9.14. The summed E-state index contributed by atoms with van der Waals surface area (Å²) in [5.74, 6) is -0.922. The molecule has 14 heteroatoms. The van der Waals surface area contributed by atoms with E-state index in [1.165, 1.54) is 30.6 Å². The van der Waals surface area contributed by atoms with E-state index in [1.807, 2.05) is 0 Å². The molecule has 224 valence electrons. The highest BCUT2D eigenvalue weighted by molar-refractivity contribution is 6.30. The van der Waals surface area contributed by atoms with E-state index in [4.69, 9.17) is 21.1 Å². The van der Waals surface area contributed by atoms with E-state index in [1.54, 1.807) is 42.0 Å². The topological polar surface area (TPSA) is 144 Å². The fourth-order valence-electron chi connectivity index (χ4n) is 4.54. The average molecular weight is 610 g/mol. The van der Waals surface area contributed by atoms with Crippen LogP contribution in [0.2, 0.25) is 5.02 Å². The van der Waals surface area contributed by atoms with Crippen LogP contribution in [0.1, 0.15) is 38.0 Å². The van der Waals surface area contributed by atoms with Gasteiger partial charge < -0.3 is 30.1 Å². The first-order valence-corrected chi connectivity index (χ1v) is 13.7. The summed E-state index contributed by atoms with van der Waals surface area (Å²) in [6.07, 6.45) is 4.48. The molecule has 1 atom stereocenters. The lowest BCUT2D eigenvalue weighted by Crippen LogP contribution is -2.41. The van der Waals surface area contributed by atoms with Crippen molar-refractivity contribution in [3.05, 3.63) is 88.3 Å². The number of aryl methyl sites for hydroxylation is 1. The third-order valence-corrected chi connectivity index (χ3v) is 7.04. The number of hydrogen-bond donors (Lipinski definition) is 3. The third-order valence-electron chi connectivity index (χ3n) is 6.81. The van der Waals surface area contributed by atoms with Gasteiger partial charge >= 0.3 is 0 Å².